The summed E-state index contributed by atoms with van der Waals surface area (Å²) in [6.45, 7) is 2.19. The third-order valence-electron chi connectivity index (χ3n) is 4.67. The van der Waals surface area contributed by atoms with E-state index in [1.807, 2.05) is 7.05 Å². The number of carboxylic acids is 1. The molecule has 92 valence electrons. The molecule has 0 spiro atoms. The second-order valence-electron chi connectivity index (χ2n) is 5.59. The van der Waals surface area contributed by atoms with Gasteiger partial charge in [0.25, 0.3) is 0 Å². The molecule has 0 bridgehead atoms. The highest BCUT2D eigenvalue weighted by molar-refractivity contribution is 5.79. The van der Waals surface area contributed by atoms with Crippen molar-refractivity contribution in [2.45, 2.75) is 63.5 Å². The molecule has 2 fully saturated rings. The van der Waals surface area contributed by atoms with Crippen LogP contribution in [0.25, 0.3) is 0 Å². The van der Waals surface area contributed by atoms with Crippen molar-refractivity contribution in [1.82, 2.24) is 4.90 Å². The minimum absolute atomic E-state index is 0.425. The van der Waals surface area contributed by atoms with Gasteiger partial charge in [0.1, 0.15) is 5.54 Å². The largest absolute Gasteiger partial charge is 0.480 e. The monoisotopic (exact) mass is 225 g/mol. The number of rotatable bonds is 4. The van der Waals surface area contributed by atoms with Gasteiger partial charge in [0.05, 0.1) is 0 Å². The summed E-state index contributed by atoms with van der Waals surface area (Å²) in [7, 11) is 2.02. The van der Waals surface area contributed by atoms with Gasteiger partial charge < -0.3 is 5.11 Å². The van der Waals surface area contributed by atoms with Crippen LogP contribution in [0.3, 0.4) is 0 Å². The average Bonchev–Trinajstić information content (AvgIpc) is 3.11. The molecule has 1 unspecified atom stereocenters. The summed E-state index contributed by atoms with van der Waals surface area (Å²) in [5.41, 5.74) is -0.569. The maximum absolute atomic E-state index is 11.6. The Labute approximate surface area is 97.8 Å². The molecule has 2 rings (SSSR count). The van der Waals surface area contributed by atoms with Crippen LogP contribution in [0.5, 0.6) is 0 Å². The van der Waals surface area contributed by atoms with Gasteiger partial charge in [-0.2, -0.15) is 0 Å². The van der Waals surface area contributed by atoms with Crippen molar-refractivity contribution >= 4 is 5.97 Å². The van der Waals surface area contributed by atoms with Crippen LogP contribution in [0.1, 0.15) is 51.9 Å². The first kappa shape index (κ1) is 11.9. The van der Waals surface area contributed by atoms with Crippen LogP contribution in [-0.2, 0) is 4.79 Å². The molecule has 16 heavy (non-hydrogen) atoms. The smallest absolute Gasteiger partial charge is 0.324 e. The van der Waals surface area contributed by atoms with Crippen molar-refractivity contribution in [3.8, 4) is 0 Å². The number of likely N-dealkylation sites (N-methyl/N-ethyl adjacent to an activating group) is 1. The summed E-state index contributed by atoms with van der Waals surface area (Å²) >= 11 is 0. The highest BCUT2D eigenvalue weighted by Crippen LogP contribution is 2.41. The van der Waals surface area contributed by atoms with E-state index in [9.17, 15) is 9.90 Å². The molecule has 0 aromatic rings. The van der Waals surface area contributed by atoms with Crippen molar-refractivity contribution in [3.05, 3.63) is 0 Å². The molecule has 0 aliphatic heterocycles. The number of hydrogen-bond donors (Lipinski definition) is 1. The Hall–Kier alpha value is -0.570. The van der Waals surface area contributed by atoms with Gasteiger partial charge in [0.15, 0.2) is 0 Å². The van der Waals surface area contributed by atoms with E-state index in [0.29, 0.717) is 6.04 Å². The first-order valence-electron chi connectivity index (χ1n) is 6.54. The Bertz CT molecular complexity index is 267. The molecular formula is C13H23NO2. The molecule has 1 N–H and O–H groups in total. The van der Waals surface area contributed by atoms with E-state index in [-0.39, 0.29) is 0 Å². The summed E-state index contributed by atoms with van der Waals surface area (Å²) in [5, 5.41) is 9.57. The molecule has 2 saturated carbocycles. The molecule has 0 amide bonds. The standard InChI is InChI=1S/C13H23NO2/c1-10(11-6-7-11)14(2)13(12(15)16)8-4-3-5-9-13/h10-11H,3-9H2,1-2H3,(H,15,16). The molecule has 0 radical (unpaired) electrons. The van der Waals surface area contributed by atoms with Crippen LogP contribution in [0.2, 0.25) is 0 Å². The van der Waals surface area contributed by atoms with Crippen molar-refractivity contribution < 1.29 is 9.90 Å². The quantitative estimate of drug-likeness (QED) is 0.799. The molecule has 1 atom stereocenters. The van der Waals surface area contributed by atoms with Crippen LogP contribution in [0.15, 0.2) is 0 Å². The van der Waals surface area contributed by atoms with Gasteiger partial charge in [-0.05, 0) is 45.6 Å². The van der Waals surface area contributed by atoms with E-state index in [4.69, 9.17) is 0 Å². The SMILES string of the molecule is CC(C1CC1)N(C)C1(C(=O)O)CCCCC1. The van der Waals surface area contributed by atoms with Crippen molar-refractivity contribution in [3.63, 3.8) is 0 Å². The highest BCUT2D eigenvalue weighted by Gasteiger charge is 2.47. The number of aliphatic carboxylic acids is 1. The van der Waals surface area contributed by atoms with Gasteiger partial charge in [-0.1, -0.05) is 19.3 Å². The fourth-order valence-corrected chi connectivity index (χ4v) is 3.14. The summed E-state index contributed by atoms with van der Waals surface area (Å²) in [5.74, 6) is 0.130. The predicted octanol–water partition coefficient (Wildman–Crippen LogP) is 2.50. The van der Waals surface area contributed by atoms with E-state index in [1.165, 1.54) is 19.3 Å². The zero-order valence-electron chi connectivity index (χ0n) is 10.4. The van der Waals surface area contributed by atoms with E-state index < -0.39 is 11.5 Å². The lowest BCUT2D eigenvalue weighted by Crippen LogP contribution is -2.57. The molecule has 3 nitrogen and oxygen atoms in total. The number of carboxylic acid groups (broad SMARTS) is 1. The molecule has 3 heteroatoms. The molecule has 0 aromatic heterocycles. The van der Waals surface area contributed by atoms with E-state index in [1.54, 1.807) is 0 Å². The van der Waals surface area contributed by atoms with Crippen LogP contribution in [0.4, 0.5) is 0 Å². The summed E-state index contributed by atoms with van der Waals surface area (Å²) in [4.78, 5) is 13.8. The molecule has 0 heterocycles. The van der Waals surface area contributed by atoms with Gasteiger partial charge in [-0.25, -0.2) is 0 Å². The first-order valence-corrected chi connectivity index (χ1v) is 6.54. The van der Waals surface area contributed by atoms with Gasteiger partial charge in [0.2, 0.25) is 0 Å². The Balaban J connectivity index is 2.13. The Morgan fingerprint density at radius 1 is 1.31 bits per heavy atom. The van der Waals surface area contributed by atoms with Gasteiger partial charge in [-0.3, -0.25) is 9.69 Å². The lowest BCUT2D eigenvalue weighted by molar-refractivity contribution is -0.155. The second kappa shape index (κ2) is 4.36. The fourth-order valence-electron chi connectivity index (χ4n) is 3.14. The van der Waals surface area contributed by atoms with E-state index in [0.717, 1.165) is 31.6 Å². The molecule has 0 aromatic carbocycles. The zero-order chi connectivity index (χ0) is 11.8. The van der Waals surface area contributed by atoms with Crippen LogP contribution in [0, 0.1) is 5.92 Å². The molecular weight excluding hydrogens is 202 g/mol. The maximum atomic E-state index is 11.6. The second-order valence-corrected chi connectivity index (χ2v) is 5.59. The van der Waals surface area contributed by atoms with Crippen LogP contribution in [-0.4, -0.2) is 34.6 Å². The lowest BCUT2D eigenvalue weighted by atomic mass is 9.79. The Morgan fingerprint density at radius 3 is 2.31 bits per heavy atom. The van der Waals surface area contributed by atoms with Crippen molar-refractivity contribution in [2.24, 2.45) is 5.92 Å². The fraction of sp³-hybridized carbons (Fsp3) is 0.923. The third kappa shape index (κ3) is 1.97. The third-order valence-corrected chi connectivity index (χ3v) is 4.67. The number of carbonyl (C=O) groups is 1. The average molecular weight is 225 g/mol. The van der Waals surface area contributed by atoms with Gasteiger partial charge in [0, 0.05) is 6.04 Å². The minimum atomic E-state index is -0.609. The van der Waals surface area contributed by atoms with Crippen molar-refractivity contribution in [2.75, 3.05) is 7.05 Å². The zero-order valence-corrected chi connectivity index (χ0v) is 10.4. The van der Waals surface area contributed by atoms with E-state index >= 15 is 0 Å². The summed E-state index contributed by atoms with van der Waals surface area (Å²) in [6, 6.07) is 0.425. The molecule has 2 aliphatic carbocycles. The van der Waals surface area contributed by atoms with Gasteiger partial charge in [-0.15, -0.1) is 0 Å². The lowest BCUT2D eigenvalue weighted by Gasteiger charge is -2.44. The summed E-state index contributed by atoms with van der Waals surface area (Å²) < 4.78 is 0. The van der Waals surface area contributed by atoms with Crippen molar-refractivity contribution in [1.29, 1.82) is 0 Å². The first-order chi connectivity index (χ1) is 7.58. The van der Waals surface area contributed by atoms with Gasteiger partial charge >= 0.3 is 5.97 Å². The topological polar surface area (TPSA) is 40.5 Å². The normalized spacial score (nSPS) is 26.7. The van der Waals surface area contributed by atoms with Crippen LogP contribution < -0.4 is 0 Å². The number of nitrogens with zero attached hydrogens (tertiary/aromatic N) is 1. The number of hydrogen-bond acceptors (Lipinski definition) is 2. The Kier molecular flexibility index (Phi) is 3.24. The maximum Gasteiger partial charge on any atom is 0.324 e. The van der Waals surface area contributed by atoms with E-state index in [2.05, 4.69) is 11.8 Å². The summed E-state index contributed by atoms with van der Waals surface area (Å²) in [6.07, 6.45) is 7.54. The highest BCUT2D eigenvalue weighted by atomic mass is 16.4. The van der Waals surface area contributed by atoms with Crippen LogP contribution >= 0.6 is 0 Å². The molecule has 2 aliphatic rings. The molecule has 0 saturated heterocycles. The minimum Gasteiger partial charge on any atom is -0.480 e. The Morgan fingerprint density at radius 2 is 1.88 bits per heavy atom. The predicted molar refractivity (Wildman–Crippen MR) is 63.4 cm³/mol.